The van der Waals surface area contributed by atoms with Crippen LogP contribution in [0.2, 0.25) is 0 Å². The van der Waals surface area contributed by atoms with Crippen molar-refractivity contribution in [1.29, 1.82) is 0 Å². The molecule has 20 heavy (non-hydrogen) atoms. The minimum Gasteiger partial charge on any atom is -0.484 e. The molecule has 2 amide bonds. The minimum absolute atomic E-state index is 0.0527. The molecule has 1 atom stereocenters. The van der Waals surface area contributed by atoms with Gasteiger partial charge in [-0.05, 0) is 26.0 Å². The fourth-order valence-electron chi connectivity index (χ4n) is 1.36. The van der Waals surface area contributed by atoms with Crippen molar-refractivity contribution in [3.05, 3.63) is 29.8 Å². The first-order valence-electron chi connectivity index (χ1n) is 6.37. The number of benzene rings is 1. The largest absolute Gasteiger partial charge is 0.484 e. The first-order valence-corrected chi connectivity index (χ1v) is 6.80. The monoisotopic (exact) mass is 298 g/mol. The van der Waals surface area contributed by atoms with Crippen LogP contribution in [0.15, 0.2) is 24.3 Å². The highest BCUT2D eigenvalue weighted by Gasteiger charge is 2.07. The molecule has 0 aliphatic heterocycles. The van der Waals surface area contributed by atoms with Gasteiger partial charge in [-0.15, -0.1) is 11.6 Å². The molecular weight excluding hydrogens is 280 g/mol. The van der Waals surface area contributed by atoms with Crippen molar-refractivity contribution < 1.29 is 14.3 Å². The summed E-state index contributed by atoms with van der Waals surface area (Å²) in [4.78, 5) is 22.6. The molecule has 0 bridgehead atoms. The zero-order valence-electron chi connectivity index (χ0n) is 11.6. The Labute approximate surface area is 123 Å². The van der Waals surface area contributed by atoms with Crippen LogP contribution in [0.1, 0.15) is 12.5 Å². The lowest BCUT2D eigenvalue weighted by Gasteiger charge is -2.09. The van der Waals surface area contributed by atoms with Gasteiger partial charge in [-0.1, -0.05) is 17.7 Å². The number of ether oxygens (including phenoxy) is 1. The van der Waals surface area contributed by atoms with E-state index < -0.39 is 5.38 Å². The van der Waals surface area contributed by atoms with Crippen LogP contribution in [0.3, 0.4) is 0 Å². The van der Waals surface area contributed by atoms with Gasteiger partial charge in [0.15, 0.2) is 6.61 Å². The number of rotatable bonds is 7. The topological polar surface area (TPSA) is 67.4 Å². The average molecular weight is 299 g/mol. The van der Waals surface area contributed by atoms with E-state index in [-0.39, 0.29) is 18.4 Å². The van der Waals surface area contributed by atoms with Crippen LogP contribution in [0, 0.1) is 6.92 Å². The Morgan fingerprint density at radius 2 is 1.80 bits per heavy atom. The summed E-state index contributed by atoms with van der Waals surface area (Å²) < 4.78 is 5.32. The number of carbonyl (C=O) groups excluding carboxylic acids is 2. The van der Waals surface area contributed by atoms with E-state index in [1.54, 1.807) is 6.92 Å². The van der Waals surface area contributed by atoms with Gasteiger partial charge in [0.2, 0.25) is 5.91 Å². The van der Waals surface area contributed by atoms with E-state index in [9.17, 15) is 9.59 Å². The number of amides is 2. The highest BCUT2D eigenvalue weighted by atomic mass is 35.5. The Kier molecular flexibility index (Phi) is 6.87. The molecule has 1 aromatic carbocycles. The summed E-state index contributed by atoms with van der Waals surface area (Å²) in [5, 5.41) is 4.65. The summed E-state index contributed by atoms with van der Waals surface area (Å²) in [5.74, 6) is 0.158. The summed E-state index contributed by atoms with van der Waals surface area (Å²) in [5.41, 5.74) is 1.13. The maximum Gasteiger partial charge on any atom is 0.258 e. The molecule has 110 valence electrons. The molecule has 0 saturated carbocycles. The van der Waals surface area contributed by atoms with Crippen LogP contribution in [0.5, 0.6) is 5.75 Å². The summed E-state index contributed by atoms with van der Waals surface area (Å²) >= 11 is 5.58. The highest BCUT2D eigenvalue weighted by molar-refractivity contribution is 6.30. The normalized spacial score (nSPS) is 11.6. The Balaban J connectivity index is 2.14. The van der Waals surface area contributed by atoms with E-state index in [0.717, 1.165) is 5.56 Å². The first kappa shape index (κ1) is 16.3. The van der Waals surface area contributed by atoms with E-state index in [2.05, 4.69) is 10.6 Å². The van der Waals surface area contributed by atoms with Crippen molar-refractivity contribution in [1.82, 2.24) is 10.6 Å². The molecule has 0 aliphatic rings. The van der Waals surface area contributed by atoms with Crippen molar-refractivity contribution >= 4 is 23.4 Å². The molecule has 1 rings (SSSR count). The molecule has 0 spiro atoms. The SMILES string of the molecule is Cc1ccc(OCC(=O)NCCNC(=O)C(C)Cl)cc1. The van der Waals surface area contributed by atoms with Crippen LogP contribution in [0.25, 0.3) is 0 Å². The molecule has 5 nitrogen and oxygen atoms in total. The number of hydrogen-bond acceptors (Lipinski definition) is 3. The lowest BCUT2D eigenvalue weighted by molar-refractivity contribution is -0.124. The number of hydrogen-bond donors (Lipinski definition) is 2. The van der Waals surface area contributed by atoms with Gasteiger partial charge in [0, 0.05) is 13.1 Å². The molecule has 0 aromatic heterocycles. The Hall–Kier alpha value is -1.75. The van der Waals surface area contributed by atoms with Gasteiger partial charge < -0.3 is 15.4 Å². The fraction of sp³-hybridized carbons (Fsp3) is 0.429. The van der Waals surface area contributed by atoms with E-state index in [4.69, 9.17) is 16.3 Å². The Morgan fingerprint density at radius 3 is 2.40 bits per heavy atom. The predicted octanol–water partition coefficient (Wildman–Crippen LogP) is 1.23. The second-order valence-corrected chi connectivity index (χ2v) is 5.01. The van der Waals surface area contributed by atoms with Crippen LogP contribution < -0.4 is 15.4 Å². The van der Waals surface area contributed by atoms with E-state index >= 15 is 0 Å². The molecular formula is C14H19ClN2O3. The second kappa shape index (κ2) is 8.43. The van der Waals surface area contributed by atoms with Gasteiger partial charge in [-0.25, -0.2) is 0 Å². The van der Waals surface area contributed by atoms with Gasteiger partial charge in [-0.3, -0.25) is 9.59 Å². The van der Waals surface area contributed by atoms with Gasteiger partial charge in [0.25, 0.3) is 5.91 Å². The Bertz CT molecular complexity index is 446. The molecule has 2 N–H and O–H groups in total. The Morgan fingerprint density at radius 1 is 1.20 bits per heavy atom. The van der Waals surface area contributed by atoms with Crippen LogP contribution in [-0.2, 0) is 9.59 Å². The third-order valence-electron chi connectivity index (χ3n) is 2.50. The predicted molar refractivity (Wildman–Crippen MR) is 78.0 cm³/mol. The second-order valence-electron chi connectivity index (χ2n) is 4.36. The molecule has 0 saturated heterocycles. The molecule has 1 unspecified atom stereocenters. The van der Waals surface area contributed by atoms with Crippen molar-refractivity contribution in [2.75, 3.05) is 19.7 Å². The summed E-state index contributed by atoms with van der Waals surface area (Å²) in [6.45, 7) is 4.19. The standard InChI is InChI=1S/C14H19ClN2O3/c1-10-3-5-12(6-4-10)20-9-13(18)16-7-8-17-14(19)11(2)15/h3-6,11H,7-9H2,1-2H3,(H,16,18)(H,17,19). The van der Waals surface area contributed by atoms with E-state index in [0.29, 0.717) is 18.8 Å². The number of nitrogens with one attached hydrogen (secondary N) is 2. The quantitative estimate of drug-likeness (QED) is 0.588. The van der Waals surface area contributed by atoms with Gasteiger partial charge in [-0.2, -0.15) is 0 Å². The number of carbonyl (C=O) groups is 2. The van der Waals surface area contributed by atoms with Crippen molar-refractivity contribution in [3.63, 3.8) is 0 Å². The third-order valence-corrected chi connectivity index (χ3v) is 2.70. The third kappa shape index (κ3) is 6.43. The van der Waals surface area contributed by atoms with E-state index in [1.165, 1.54) is 0 Å². The lowest BCUT2D eigenvalue weighted by atomic mass is 10.2. The number of halogens is 1. The molecule has 6 heteroatoms. The summed E-state index contributed by atoms with van der Waals surface area (Å²) in [7, 11) is 0. The zero-order valence-corrected chi connectivity index (χ0v) is 12.4. The van der Waals surface area contributed by atoms with E-state index in [1.807, 2.05) is 31.2 Å². The molecule has 0 radical (unpaired) electrons. The fourth-order valence-corrected chi connectivity index (χ4v) is 1.44. The van der Waals surface area contributed by atoms with Crippen LogP contribution in [0.4, 0.5) is 0 Å². The maximum absolute atomic E-state index is 11.5. The highest BCUT2D eigenvalue weighted by Crippen LogP contribution is 2.10. The zero-order chi connectivity index (χ0) is 15.0. The number of alkyl halides is 1. The lowest BCUT2D eigenvalue weighted by Crippen LogP contribution is -2.38. The van der Waals surface area contributed by atoms with Crippen LogP contribution >= 0.6 is 11.6 Å². The van der Waals surface area contributed by atoms with Crippen molar-refractivity contribution in [3.8, 4) is 5.75 Å². The molecule has 0 fully saturated rings. The summed E-state index contributed by atoms with van der Waals surface area (Å²) in [6, 6.07) is 7.45. The molecule has 0 heterocycles. The van der Waals surface area contributed by atoms with Crippen molar-refractivity contribution in [2.24, 2.45) is 0 Å². The van der Waals surface area contributed by atoms with Gasteiger partial charge in [0.05, 0.1) is 0 Å². The van der Waals surface area contributed by atoms with Crippen molar-refractivity contribution in [2.45, 2.75) is 19.2 Å². The first-order chi connectivity index (χ1) is 9.49. The number of aryl methyl sites for hydroxylation is 1. The smallest absolute Gasteiger partial charge is 0.258 e. The molecule has 0 aliphatic carbocycles. The maximum atomic E-state index is 11.5. The minimum atomic E-state index is -0.574. The molecule has 1 aromatic rings. The summed E-state index contributed by atoms with van der Waals surface area (Å²) in [6.07, 6.45) is 0. The van der Waals surface area contributed by atoms with Crippen LogP contribution in [-0.4, -0.2) is 36.9 Å². The van der Waals surface area contributed by atoms with Gasteiger partial charge >= 0.3 is 0 Å². The van der Waals surface area contributed by atoms with Gasteiger partial charge in [0.1, 0.15) is 11.1 Å². The average Bonchev–Trinajstić information content (AvgIpc) is 2.42.